The number of H-pyrrole nitrogens is 1. The van der Waals surface area contributed by atoms with Gasteiger partial charge in [0.2, 0.25) is 5.91 Å². The first-order valence-electron chi connectivity index (χ1n) is 10.0. The number of rotatable bonds is 5. The minimum atomic E-state index is -0.440. The number of amides is 1. The Bertz CT molecular complexity index is 1250. The molecule has 2 heterocycles. The molecule has 4 rings (SSSR count). The van der Waals surface area contributed by atoms with Gasteiger partial charge in [0.1, 0.15) is 5.75 Å². The fourth-order valence-electron chi connectivity index (χ4n) is 3.89. The Labute approximate surface area is 189 Å². The standard InChI is InChI=1S/C23H22ClN3O5/c1-31-18-8-7-16(24)20-21(18)26-17-9-10-27(11-15(17)22(20)29)12-19(28)25-14-5-3-13(4-6-14)23(30)32-2/h3-8H,9-12H2,1-2H3,(H,25,28)(H,26,29). The number of benzene rings is 2. The number of esters is 1. The van der Waals surface area contributed by atoms with Crippen LogP contribution in [-0.2, 0) is 22.5 Å². The number of ether oxygens (including phenoxy) is 2. The van der Waals surface area contributed by atoms with Gasteiger partial charge < -0.3 is 19.8 Å². The monoisotopic (exact) mass is 455 g/mol. The van der Waals surface area contributed by atoms with Gasteiger partial charge in [0, 0.05) is 36.5 Å². The first-order valence-corrected chi connectivity index (χ1v) is 10.4. The summed E-state index contributed by atoms with van der Waals surface area (Å²) >= 11 is 6.30. The van der Waals surface area contributed by atoms with Crippen molar-refractivity contribution in [3.8, 4) is 5.75 Å². The maximum absolute atomic E-state index is 13.2. The first kappa shape index (κ1) is 21.9. The molecule has 0 bridgehead atoms. The third kappa shape index (κ3) is 4.19. The van der Waals surface area contributed by atoms with Crippen LogP contribution in [0.1, 0.15) is 21.6 Å². The summed E-state index contributed by atoms with van der Waals surface area (Å²) < 4.78 is 10.0. The smallest absolute Gasteiger partial charge is 0.337 e. The van der Waals surface area contributed by atoms with Crippen molar-refractivity contribution in [2.45, 2.75) is 13.0 Å². The van der Waals surface area contributed by atoms with Crippen LogP contribution in [0.3, 0.4) is 0 Å². The number of methoxy groups -OCH3 is 2. The predicted molar refractivity (Wildman–Crippen MR) is 122 cm³/mol. The fraction of sp³-hybridized carbons (Fsp3) is 0.261. The highest BCUT2D eigenvalue weighted by Crippen LogP contribution is 2.30. The van der Waals surface area contributed by atoms with Crippen LogP contribution in [-0.4, -0.2) is 49.1 Å². The van der Waals surface area contributed by atoms with Gasteiger partial charge in [-0.25, -0.2) is 4.79 Å². The van der Waals surface area contributed by atoms with E-state index in [1.165, 1.54) is 7.11 Å². The number of anilines is 1. The summed E-state index contributed by atoms with van der Waals surface area (Å²) in [6.07, 6.45) is 0.595. The maximum atomic E-state index is 13.2. The maximum Gasteiger partial charge on any atom is 0.337 e. The molecule has 0 saturated heterocycles. The van der Waals surface area contributed by atoms with Gasteiger partial charge >= 0.3 is 5.97 Å². The number of hydrogen-bond donors (Lipinski definition) is 2. The van der Waals surface area contributed by atoms with Gasteiger partial charge in [-0.3, -0.25) is 14.5 Å². The third-order valence-corrected chi connectivity index (χ3v) is 5.81. The van der Waals surface area contributed by atoms with Crippen molar-refractivity contribution in [1.82, 2.24) is 9.88 Å². The Morgan fingerprint density at radius 3 is 2.59 bits per heavy atom. The molecule has 32 heavy (non-hydrogen) atoms. The van der Waals surface area contributed by atoms with E-state index >= 15 is 0 Å². The second-order valence-electron chi connectivity index (χ2n) is 7.49. The average Bonchev–Trinajstić information content (AvgIpc) is 2.79. The van der Waals surface area contributed by atoms with E-state index in [1.807, 2.05) is 4.90 Å². The first-order chi connectivity index (χ1) is 15.4. The molecule has 0 unspecified atom stereocenters. The average molecular weight is 456 g/mol. The minimum Gasteiger partial charge on any atom is -0.495 e. The number of fused-ring (bicyclic) bond motifs is 2. The van der Waals surface area contributed by atoms with Crippen LogP contribution in [0.15, 0.2) is 41.2 Å². The zero-order valence-corrected chi connectivity index (χ0v) is 18.4. The van der Waals surface area contributed by atoms with E-state index in [1.54, 1.807) is 43.5 Å². The molecule has 0 saturated carbocycles. The highest BCUT2D eigenvalue weighted by molar-refractivity contribution is 6.35. The molecule has 0 aliphatic carbocycles. The SMILES string of the molecule is COC(=O)c1ccc(NC(=O)CN2CCc3[nH]c4c(OC)ccc(Cl)c4c(=O)c3C2)cc1. The van der Waals surface area contributed by atoms with Gasteiger partial charge in [-0.15, -0.1) is 0 Å². The van der Waals surface area contributed by atoms with Crippen molar-refractivity contribution in [2.75, 3.05) is 32.6 Å². The minimum absolute atomic E-state index is 0.127. The lowest BCUT2D eigenvalue weighted by molar-refractivity contribution is -0.117. The number of aromatic amines is 1. The topological polar surface area (TPSA) is 101 Å². The molecule has 1 aliphatic rings. The molecular formula is C23H22ClN3O5. The molecule has 1 amide bonds. The van der Waals surface area contributed by atoms with Gasteiger partial charge in [0.05, 0.1) is 42.3 Å². The Kier molecular flexibility index (Phi) is 6.16. The number of carbonyl (C=O) groups excluding carboxylic acids is 2. The number of pyridine rings is 1. The molecule has 1 aromatic heterocycles. The summed E-state index contributed by atoms with van der Waals surface area (Å²) in [7, 11) is 2.86. The lowest BCUT2D eigenvalue weighted by Gasteiger charge is -2.28. The lowest BCUT2D eigenvalue weighted by Crippen LogP contribution is -2.39. The number of hydrogen-bond acceptors (Lipinski definition) is 6. The summed E-state index contributed by atoms with van der Waals surface area (Å²) in [4.78, 5) is 42.4. The molecule has 2 N–H and O–H groups in total. The molecule has 0 radical (unpaired) electrons. The Hall–Kier alpha value is -3.36. The number of carbonyl (C=O) groups is 2. The molecular weight excluding hydrogens is 434 g/mol. The number of aromatic nitrogens is 1. The molecule has 166 valence electrons. The number of nitrogens with one attached hydrogen (secondary N) is 2. The Morgan fingerprint density at radius 1 is 1.16 bits per heavy atom. The summed E-state index contributed by atoms with van der Waals surface area (Å²) in [6.45, 7) is 1.08. The number of nitrogens with zero attached hydrogens (tertiary/aromatic N) is 1. The van der Waals surface area contributed by atoms with Crippen molar-refractivity contribution < 1.29 is 19.1 Å². The molecule has 0 fully saturated rings. The highest BCUT2D eigenvalue weighted by atomic mass is 35.5. The molecule has 3 aromatic rings. The Balaban J connectivity index is 1.49. The third-order valence-electron chi connectivity index (χ3n) is 5.49. The zero-order chi connectivity index (χ0) is 22.8. The second kappa shape index (κ2) is 9.02. The highest BCUT2D eigenvalue weighted by Gasteiger charge is 2.24. The van der Waals surface area contributed by atoms with Gasteiger partial charge in [-0.1, -0.05) is 11.6 Å². The zero-order valence-electron chi connectivity index (χ0n) is 17.7. The van der Waals surface area contributed by atoms with Crippen LogP contribution >= 0.6 is 11.6 Å². The van der Waals surface area contributed by atoms with E-state index in [2.05, 4.69) is 15.0 Å². The van der Waals surface area contributed by atoms with Crippen LogP contribution in [0, 0.1) is 0 Å². The molecule has 0 atom stereocenters. The van der Waals surface area contributed by atoms with Gasteiger partial charge in [0.25, 0.3) is 0 Å². The van der Waals surface area contributed by atoms with Crippen LogP contribution in [0.4, 0.5) is 5.69 Å². The van der Waals surface area contributed by atoms with Crippen LogP contribution < -0.4 is 15.5 Å². The van der Waals surface area contributed by atoms with Crippen LogP contribution in [0.5, 0.6) is 5.75 Å². The van der Waals surface area contributed by atoms with Gasteiger partial charge in [-0.2, -0.15) is 0 Å². The fourth-order valence-corrected chi connectivity index (χ4v) is 4.13. The summed E-state index contributed by atoms with van der Waals surface area (Å²) in [5, 5.41) is 3.56. The Morgan fingerprint density at radius 2 is 1.91 bits per heavy atom. The normalized spacial score (nSPS) is 13.5. The largest absolute Gasteiger partial charge is 0.495 e. The summed E-state index contributed by atoms with van der Waals surface area (Å²) in [5.41, 5.74) is 2.85. The molecule has 2 aromatic carbocycles. The quantitative estimate of drug-likeness (QED) is 0.574. The summed E-state index contributed by atoms with van der Waals surface area (Å²) in [5.74, 6) is -0.0918. The van der Waals surface area contributed by atoms with Crippen molar-refractivity contribution >= 4 is 40.1 Å². The summed E-state index contributed by atoms with van der Waals surface area (Å²) in [6, 6.07) is 9.82. The second-order valence-corrected chi connectivity index (χ2v) is 7.90. The van der Waals surface area contributed by atoms with Crippen LogP contribution in [0.2, 0.25) is 5.02 Å². The lowest BCUT2D eigenvalue weighted by atomic mass is 10.0. The van der Waals surface area contributed by atoms with E-state index in [-0.39, 0.29) is 17.9 Å². The van der Waals surface area contributed by atoms with Gasteiger partial charge in [-0.05, 0) is 36.4 Å². The van der Waals surface area contributed by atoms with Gasteiger partial charge in [0.15, 0.2) is 5.43 Å². The van der Waals surface area contributed by atoms with E-state index in [0.29, 0.717) is 58.0 Å². The van der Waals surface area contributed by atoms with Crippen molar-refractivity contribution in [3.63, 3.8) is 0 Å². The molecule has 0 spiro atoms. The van der Waals surface area contributed by atoms with Crippen molar-refractivity contribution in [2.24, 2.45) is 0 Å². The molecule has 8 nitrogen and oxygen atoms in total. The van der Waals surface area contributed by atoms with E-state index < -0.39 is 5.97 Å². The van der Waals surface area contributed by atoms with Crippen LogP contribution in [0.25, 0.3) is 10.9 Å². The molecule has 9 heteroatoms. The van der Waals surface area contributed by atoms with E-state index in [4.69, 9.17) is 16.3 Å². The number of halogens is 1. The molecule has 1 aliphatic heterocycles. The van der Waals surface area contributed by atoms with Crippen molar-refractivity contribution in [3.05, 3.63) is 68.5 Å². The van der Waals surface area contributed by atoms with E-state index in [0.717, 1.165) is 5.69 Å². The van der Waals surface area contributed by atoms with Crippen molar-refractivity contribution in [1.29, 1.82) is 0 Å². The predicted octanol–water partition coefficient (Wildman–Crippen LogP) is 2.97. The van der Waals surface area contributed by atoms with E-state index in [9.17, 15) is 14.4 Å².